The maximum absolute atomic E-state index is 12.6. The lowest BCUT2D eigenvalue weighted by molar-refractivity contribution is 0.0753. The molecule has 0 unspecified atom stereocenters. The van der Waals surface area contributed by atoms with Gasteiger partial charge in [0, 0.05) is 37.1 Å². The highest BCUT2D eigenvalue weighted by atomic mass is 16.2. The van der Waals surface area contributed by atoms with Crippen LogP contribution < -0.4 is 0 Å². The second kappa shape index (κ2) is 7.60. The van der Waals surface area contributed by atoms with Gasteiger partial charge in [0.2, 0.25) is 0 Å². The van der Waals surface area contributed by atoms with Gasteiger partial charge in [-0.25, -0.2) is 0 Å². The third-order valence-electron chi connectivity index (χ3n) is 5.16. The third kappa shape index (κ3) is 3.72. The van der Waals surface area contributed by atoms with Gasteiger partial charge in [-0.2, -0.15) is 5.10 Å². The minimum atomic E-state index is -0.00282. The zero-order valence-corrected chi connectivity index (χ0v) is 14.7. The Kier molecular flexibility index (Phi) is 4.86. The Morgan fingerprint density at radius 1 is 1.08 bits per heavy atom. The van der Waals surface area contributed by atoms with Crippen LogP contribution in [0.25, 0.3) is 10.8 Å². The van der Waals surface area contributed by atoms with Gasteiger partial charge in [0.25, 0.3) is 5.91 Å². The second-order valence-corrected chi connectivity index (χ2v) is 6.96. The van der Waals surface area contributed by atoms with Gasteiger partial charge in [-0.3, -0.25) is 9.78 Å². The summed E-state index contributed by atoms with van der Waals surface area (Å²) in [6.07, 6.45) is 9.61. The minimum absolute atomic E-state index is 0.00282. The molecule has 3 heterocycles. The van der Waals surface area contributed by atoms with Crippen LogP contribution in [-0.2, 0) is 6.42 Å². The van der Waals surface area contributed by atoms with Crippen LogP contribution in [0.5, 0.6) is 0 Å². The first-order valence-electron chi connectivity index (χ1n) is 9.19. The van der Waals surface area contributed by atoms with Crippen molar-refractivity contribution in [2.45, 2.75) is 25.7 Å². The monoisotopic (exact) mass is 346 g/mol. The number of hydrogen-bond donors (Lipinski definition) is 0. The van der Waals surface area contributed by atoms with Gasteiger partial charge >= 0.3 is 0 Å². The Labute approximate surface area is 153 Å². The van der Waals surface area contributed by atoms with E-state index in [1.165, 1.54) is 16.3 Å². The number of pyridine rings is 1. The summed E-state index contributed by atoms with van der Waals surface area (Å²) in [6.45, 7) is 1.59. The summed E-state index contributed by atoms with van der Waals surface area (Å²) >= 11 is 0. The number of aromatic nitrogens is 3. The Hall–Kier alpha value is -2.82. The van der Waals surface area contributed by atoms with E-state index in [-0.39, 0.29) is 5.91 Å². The van der Waals surface area contributed by atoms with E-state index in [2.05, 4.69) is 39.4 Å². The van der Waals surface area contributed by atoms with Crippen molar-refractivity contribution in [3.8, 4) is 0 Å². The molecule has 1 aromatic carbocycles. The highest BCUT2D eigenvalue weighted by Crippen LogP contribution is 2.24. The summed E-state index contributed by atoms with van der Waals surface area (Å²) < 4.78 is 0. The SMILES string of the molecule is O=C(c1cccnn1)N1CCC[C@H](Cc2ccc3cnccc3c2)CC1. The predicted molar refractivity (Wildman–Crippen MR) is 101 cm³/mol. The van der Waals surface area contributed by atoms with Gasteiger partial charge in [-0.15, -0.1) is 5.10 Å². The van der Waals surface area contributed by atoms with Gasteiger partial charge in [-0.05, 0) is 60.7 Å². The molecule has 0 radical (unpaired) electrons. The Bertz CT molecular complexity index is 897. The molecule has 1 aliphatic heterocycles. The highest BCUT2D eigenvalue weighted by molar-refractivity contribution is 5.92. The standard InChI is InChI=1S/C21H22N4O/c26-21(20-4-1-9-23-24-20)25-11-2-3-16(8-12-25)13-17-5-6-19-15-22-10-7-18(19)14-17/h1,4-7,9-10,14-16H,2-3,8,11-13H2/t16-/m0/s1. The quantitative estimate of drug-likeness (QED) is 0.728. The van der Waals surface area contributed by atoms with E-state index in [0.29, 0.717) is 11.6 Å². The molecule has 0 bridgehead atoms. The molecular weight excluding hydrogens is 324 g/mol. The molecule has 0 saturated carbocycles. The summed E-state index contributed by atoms with van der Waals surface area (Å²) in [5, 5.41) is 10.2. The van der Waals surface area contributed by atoms with Gasteiger partial charge in [0.05, 0.1) is 0 Å². The maximum atomic E-state index is 12.6. The maximum Gasteiger partial charge on any atom is 0.274 e. The van der Waals surface area contributed by atoms with Crippen molar-refractivity contribution in [1.82, 2.24) is 20.1 Å². The summed E-state index contributed by atoms with van der Waals surface area (Å²) in [5.41, 5.74) is 1.80. The Morgan fingerprint density at radius 2 is 2.04 bits per heavy atom. The molecule has 1 fully saturated rings. The van der Waals surface area contributed by atoms with Crippen LogP contribution in [0.2, 0.25) is 0 Å². The lowest BCUT2D eigenvalue weighted by Crippen LogP contribution is -2.32. The molecule has 26 heavy (non-hydrogen) atoms. The van der Waals surface area contributed by atoms with Crippen molar-refractivity contribution in [3.05, 3.63) is 66.2 Å². The average Bonchev–Trinajstić information content (AvgIpc) is 2.93. The molecule has 4 rings (SSSR count). The minimum Gasteiger partial charge on any atom is -0.337 e. The van der Waals surface area contributed by atoms with Crippen LogP contribution in [0.4, 0.5) is 0 Å². The van der Waals surface area contributed by atoms with Crippen LogP contribution in [0.1, 0.15) is 35.3 Å². The van der Waals surface area contributed by atoms with E-state index in [0.717, 1.165) is 38.8 Å². The zero-order chi connectivity index (χ0) is 17.8. The van der Waals surface area contributed by atoms with Gasteiger partial charge in [0.15, 0.2) is 5.69 Å². The van der Waals surface area contributed by atoms with Crippen LogP contribution in [0, 0.1) is 5.92 Å². The lowest BCUT2D eigenvalue weighted by atomic mass is 9.92. The van der Waals surface area contributed by atoms with Gasteiger partial charge in [0.1, 0.15) is 0 Å². The van der Waals surface area contributed by atoms with E-state index in [4.69, 9.17) is 0 Å². The van der Waals surface area contributed by atoms with Gasteiger partial charge in [-0.1, -0.05) is 18.2 Å². The van der Waals surface area contributed by atoms with E-state index in [9.17, 15) is 4.79 Å². The topological polar surface area (TPSA) is 59.0 Å². The molecule has 2 aromatic heterocycles. The fourth-order valence-corrected chi connectivity index (χ4v) is 3.74. The fourth-order valence-electron chi connectivity index (χ4n) is 3.74. The molecule has 0 spiro atoms. The van der Waals surface area contributed by atoms with Gasteiger partial charge < -0.3 is 4.90 Å². The first-order chi connectivity index (χ1) is 12.8. The number of amides is 1. The van der Waals surface area contributed by atoms with E-state index < -0.39 is 0 Å². The van der Waals surface area contributed by atoms with E-state index in [1.807, 2.05) is 17.3 Å². The van der Waals surface area contributed by atoms with Crippen molar-refractivity contribution in [2.24, 2.45) is 5.92 Å². The number of benzene rings is 1. The summed E-state index contributed by atoms with van der Waals surface area (Å²) in [5.74, 6) is 0.603. The molecule has 1 saturated heterocycles. The predicted octanol–water partition coefficient (Wildman–Crippen LogP) is 3.51. The van der Waals surface area contributed by atoms with Crippen LogP contribution >= 0.6 is 0 Å². The molecule has 1 aliphatic rings. The number of likely N-dealkylation sites (tertiary alicyclic amines) is 1. The first kappa shape index (κ1) is 16.6. The molecule has 0 N–H and O–H groups in total. The molecule has 5 nitrogen and oxygen atoms in total. The zero-order valence-electron chi connectivity index (χ0n) is 14.7. The second-order valence-electron chi connectivity index (χ2n) is 6.96. The van der Waals surface area contributed by atoms with Crippen molar-refractivity contribution < 1.29 is 4.79 Å². The summed E-state index contributed by atoms with van der Waals surface area (Å²) in [6, 6.07) is 12.2. The third-order valence-corrected chi connectivity index (χ3v) is 5.16. The van der Waals surface area contributed by atoms with Crippen LogP contribution in [-0.4, -0.2) is 39.1 Å². The number of rotatable bonds is 3. The molecule has 5 heteroatoms. The first-order valence-corrected chi connectivity index (χ1v) is 9.19. The Balaban J connectivity index is 1.41. The fraction of sp³-hybridized carbons (Fsp3) is 0.333. The normalized spacial score (nSPS) is 17.8. The van der Waals surface area contributed by atoms with Crippen molar-refractivity contribution in [1.29, 1.82) is 0 Å². The van der Waals surface area contributed by atoms with Crippen molar-refractivity contribution in [2.75, 3.05) is 13.1 Å². The number of carbonyl (C=O) groups is 1. The number of carbonyl (C=O) groups excluding carboxylic acids is 1. The largest absolute Gasteiger partial charge is 0.337 e. The summed E-state index contributed by atoms with van der Waals surface area (Å²) in [7, 11) is 0. The van der Waals surface area contributed by atoms with E-state index in [1.54, 1.807) is 18.3 Å². The van der Waals surface area contributed by atoms with E-state index >= 15 is 0 Å². The van der Waals surface area contributed by atoms with Crippen LogP contribution in [0.15, 0.2) is 55.0 Å². The number of hydrogen-bond acceptors (Lipinski definition) is 4. The summed E-state index contributed by atoms with van der Waals surface area (Å²) in [4.78, 5) is 18.7. The Morgan fingerprint density at radius 3 is 2.92 bits per heavy atom. The number of fused-ring (bicyclic) bond motifs is 1. The molecule has 1 atom stereocenters. The average molecular weight is 346 g/mol. The van der Waals surface area contributed by atoms with Crippen molar-refractivity contribution >= 4 is 16.7 Å². The smallest absolute Gasteiger partial charge is 0.274 e. The highest BCUT2D eigenvalue weighted by Gasteiger charge is 2.22. The molecular formula is C21H22N4O. The number of nitrogens with zero attached hydrogens (tertiary/aromatic N) is 4. The molecule has 0 aliphatic carbocycles. The molecule has 3 aromatic rings. The van der Waals surface area contributed by atoms with Crippen LogP contribution in [0.3, 0.4) is 0 Å². The van der Waals surface area contributed by atoms with Crippen molar-refractivity contribution in [3.63, 3.8) is 0 Å². The lowest BCUT2D eigenvalue weighted by Gasteiger charge is -2.20. The molecule has 1 amide bonds. The molecule has 132 valence electrons.